The Bertz CT molecular complexity index is 881. The van der Waals surface area contributed by atoms with Gasteiger partial charge in [0.05, 0.1) is 10.9 Å². The molecule has 1 aliphatic rings. The van der Waals surface area contributed by atoms with E-state index in [0.29, 0.717) is 6.04 Å². The normalized spacial score (nSPS) is 13.8. The molecule has 0 radical (unpaired) electrons. The summed E-state index contributed by atoms with van der Waals surface area (Å²) in [5.74, 6) is 0. The third-order valence-corrected chi connectivity index (χ3v) is 4.95. The van der Waals surface area contributed by atoms with Gasteiger partial charge in [0.2, 0.25) is 0 Å². The van der Waals surface area contributed by atoms with E-state index < -0.39 is 0 Å². The number of pyridine rings is 1. The lowest BCUT2D eigenvalue weighted by molar-refractivity contribution is 0.536. The van der Waals surface area contributed by atoms with Crippen LogP contribution in [0, 0.1) is 0 Å². The fourth-order valence-corrected chi connectivity index (χ4v) is 3.71. The summed E-state index contributed by atoms with van der Waals surface area (Å²) >= 11 is 4.34. The third kappa shape index (κ3) is 3.64. The Morgan fingerprint density at radius 3 is 2.32 bits per heavy atom. The zero-order chi connectivity index (χ0) is 15.1. The summed E-state index contributed by atoms with van der Waals surface area (Å²) in [4.78, 5) is 16.1. The molecular weight excluding hydrogens is 338 g/mol. The Kier molecular flexibility index (Phi) is 7.01. The molecule has 6 nitrogen and oxygen atoms in total. The maximum absolute atomic E-state index is 12.4. The van der Waals surface area contributed by atoms with Gasteiger partial charge in [0.15, 0.2) is 0 Å². The maximum Gasteiger partial charge on any atom is 0.258 e. The molecule has 0 amide bonds. The van der Waals surface area contributed by atoms with E-state index in [1.54, 1.807) is 6.20 Å². The van der Waals surface area contributed by atoms with Gasteiger partial charge in [-0.05, 0) is 36.6 Å². The predicted octanol–water partition coefficient (Wildman–Crippen LogP) is 2.91. The van der Waals surface area contributed by atoms with E-state index >= 15 is 0 Å². The lowest BCUT2D eigenvalue weighted by Crippen LogP contribution is -2.07. The van der Waals surface area contributed by atoms with Gasteiger partial charge in [-0.25, -0.2) is 0 Å². The van der Waals surface area contributed by atoms with E-state index in [9.17, 15) is 4.79 Å². The molecule has 3 aromatic rings. The molecule has 0 aliphatic heterocycles. The summed E-state index contributed by atoms with van der Waals surface area (Å²) in [7, 11) is 0. The molecule has 8 N–H and O–H groups in total. The second-order valence-electron chi connectivity index (χ2n) is 6.00. The quantitative estimate of drug-likeness (QED) is 0.603. The second kappa shape index (κ2) is 8.35. The minimum Gasteiger partial charge on any atom is -0.412 e. The van der Waals surface area contributed by atoms with Gasteiger partial charge in [-0.3, -0.25) is 4.79 Å². The summed E-state index contributed by atoms with van der Waals surface area (Å²) in [5, 5.41) is 0.793. The molecule has 1 aliphatic carbocycles. The fraction of sp³-hybridized carbons (Fsp3) is 0.278. The van der Waals surface area contributed by atoms with Gasteiger partial charge in [-0.15, -0.1) is 12.6 Å². The minimum atomic E-state index is -0.0146. The van der Waals surface area contributed by atoms with Crippen LogP contribution in [0.25, 0.3) is 22.0 Å². The van der Waals surface area contributed by atoms with E-state index in [1.165, 1.54) is 25.7 Å². The maximum atomic E-state index is 12.4. The van der Waals surface area contributed by atoms with E-state index in [4.69, 9.17) is 0 Å². The van der Waals surface area contributed by atoms with Crippen LogP contribution >= 0.6 is 12.6 Å². The molecule has 2 heterocycles. The van der Waals surface area contributed by atoms with E-state index in [2.05, 4.69) is 28.4 Å². The number of fused-ring (bicyclic) bond motifs is 1. The highest BCUT2D eigenvalue weighted by atomic mass is 32.1. The number of benzene rings is 1. The van der Waals surface area contributed by atoms with Crippen molar-refractivity contribution in [2.45, 2.75) is 36.6 Å². The van der Waals surface area contributed by atoms with Crippen LogP contribution in [0.5, 0.6) is 0 Å². The Morgan fingerprint density at radius 2 is 1.68 bits per heavy atom. The van der Waals surface area contributed by atoms with Gasteiger partial charge < -0.3 is 26.7 Å². The topological polar surface area (TPSA) is 136 Å². The second-order valence-corrected chi connectivity index (χ2v) is 6.52. The Morgan fingerprint density at radius 1 is 1.04 bits per heavy atom. The molecule has 0 unspecified atom stereocenters. The SMILES string of the molecule is N.O.O.O=c1[nH]ccc2c1c(-c1ccc(S)cc1)cn2C1CCCC1. The van der Waals surface area contributed by atoms with Crippen LogP contribution in [0.3, 0.4) is 0 Å². The highest BCUT2D eigenvalue weighted by molar-refractivity contribution is 7.80. The average molecular weight is 363 g/mol. The van der Waals surface area contributed by atoms with Crippen molar-refractivity contribution in [1.29, 1.82) is 0 Å². The zero-order valence-corrected chi connectivity index (χ0v) is 14.9. The monoisotopic (exact) mass is 363 g/mol. The van der Waals surface area contributed by atoms with Gasteiger partial charge in [-0.2, -0.15) is 0 Å². The van der Waals surface area contributed by atoms with Crippen LogP contribution in [-0.4, -0.2) is 20.5 Å². The van der Waals surface area contributed by atoms with Crippen molar-refractivity contribution in [2.75, 3.05) is 0 Å². The molecule has 25 heavy (non-hydrogen) atoms. The van der Waals surface area contributed by atoms with Gasteiger partial charge in [0.1, 0.15) is 0 Å². The van der Waals surface area contributed by atoms with Crippen molar-refractivity contribution in [3.63, 3.8) is 0 Å². The number of hydrogen-bond acceptors (Lipinski definition) is 3. The van der Waals surface area contributed by atoms with E-state index in [0.717, 1.165) is 26.9 Å². The molecule has 1 aromatic carbocycles. The van der Waals surface area contributed by atoms with E-state index in [-0.39, 0.29) is 22.7 Å². The molecular formula is C18H25N3O3S. The largest absolute Gasteiger partial charge is 0.412 e. The smallest absolute Gasteiger partial charge is 0.258 e. The first-order valence-electron chi connectivity index (χ1n) is 7.75. The minimum absolute atomic E-state index is 0. The van der Waals surface area contributed by atoms with Crippen LogP contribution in [0.2, 0.25) is 0 Å². The lowest BCUT2D eigenvalue weighted by Gasteiger charge is -2.12. The average Bonchev–Trinajstić information content (AvgIpc) is 3.15. The number of aromatic nitrogens is 2. The molecule has 7 heteroatoms. The Balaban J connectivity index is 0.00000104. The molecule has 0 saturated heterocycles. The van der Waals surface area contributed by atoms with Crippen molar-refractivity contribution < 1.29 is 11.0 Å². The highest BCUT2D eigenvalue weighted by Gasteiger charge is 2.21. The van der Waals surface area contributed by atoms with Crippen LogP contribution in [0.15, 0.2) is 52.4 Å². The molecule has 1 fully saturated rings. The van der Waals surface area contributed by atoms with Crippen LogP contribution in [0.4, 0.5) is 0 Å². The van der Waals surface area contributed by atoms with Gasteiger partial charge in [0.25, 0.3) is 5.56 Å². The molecule has 0 atom stereocenters. The van der Waals surface area contributed by atoms with Gasteiger partial charge >= 0.3 is 0 Å². The van der Waals surface area contributed by atoms with Crippen molar-refractivity contribution in [1.82, 2.24) is 15.7 Å². The number of thiol groups is 1. The summed E-state index contributed by atoms with van der Waals surface area (Å²) in [6.45, 7) is 0. The molecule has 136 valence electrons. The van der Waals surface area contributed by atoms with Crippen molar-refractivity contribution in [3.8, 4) is 11.1 Å². The number of aromatic amines is 1. The van der Waals surface area contributed by atoms with Crippen LogP contribution in [-0.2, 0) is 0 Å². The first-order chi connectivity index (χ1) is 10.7. The predicted molar refractivity (Wildman–Crippen MR) is 105 cm³/mol. The summed E-state index contributed by atoms with van der Waals surface area (Å²) in [5.41, 5.74) is 3.10. The van der Waals surface area contributed by atoms with E-state index in [1.807, 2.05) is 30.3 Å². The molecule has 1 saturated carbocycles. The molecule has 2 aromatic heterocycles. The molecule has 0 bridgehead atoms. The Labute approximate surface area is 151 Å². The van der Waals surface area contributed by atoms with Crippen molar-refractivity contribution in [3.05, 3.63) is 53.1 Å². The summed E-state index contributed by atoms with van der Waals surface area (Å²) in [6, 6.07) is 10.5. The van der Waals surface area contributed by atoms with Gasteiger partial charge in [-0.1, -0.05) is 25.0 Å². The standard InChI is InChI=1S/C18H18N2OS.H3N.2H2O/c21-18-17-15(12-5-7-14(22)8-6-12)11-20(13-3-1-2-4-13)16(17)9-10-19-18;;;/h5-11,13,22H,1-4H2,(H,19,21);1H3;2*1H2. The Hall–Kier alpha value is -2.06. The summed E-state index contributed by atoms with van der Waals surface area (Å²) in [6.07, 6.45) is 8.85. The van der Waals surface area contributed by atoms with Crippen LogP contribution < -0.4 is 11.7 Å². The molecule has 0 spiro atoms. The lowest BCUT2D eigenvalue weighted by atomic mass is 10.1. The summed E-state index contributed by atoms with van der Waals surface area (Å²) < 4.78 is 2.31. The fourth-order valence-electron chi connectivity index (χ4n) is 3.56. The third-order valence-electron chi connectivity index (χ3n) is 4.65. The van der Waals surface area contributed by atoms with Gasteiger partial charge in [0, 0.05) is 28.9 Å². The number of nitrogens with zero attached hydrogens (tertiary/aromatic N) is 1. The number of H-pyrrole nitrogens is 1. The van der Waals surface area contributed by atoms with Crippen molar-refractivity contribution >= 4 is 23.5 Å². The number of rotatable bonds is 2. The number of hydrogen-bond donors (Lipinski definition) is 3. The highest BCUT2D eigenvalue weighted by Crippen LogP contribution is 2.36. The first-order valence-corrected chi connectivity index (χ1v) is 8.20. The zero-order valence-electron chi connectivity index (χ0n) is 14.0. The van der Waals surface area contributed by atoms with Crippen LogP contribution in [0.1, 0.15) is 31.7 Å². The van der Waals surface area contributed by atoms with Crippen molar-refractivity contribution in [2.24, 2.45) is 0 Å². The number of nitrogens with one attached hydrogen (secondary N) is 1. The molecule has 4 rings (SSSR count). The first kappa shape index (κ1) is 21.0.